The third-order valence-corrected chi connectivity index (χ3v) is 3.95. The molecule has 6 nitrogen and oxygen atoms in total. The van der Waals surface area contributed by atoms with Gasteiger partial charge >= 0.3 is 0 Å². The molecule has 3 rings (SSSR count). The van der Waals surface area contributed by atoms with Gasteiger partial charge in [0.2, 0.25) is 0 Å². The van der Waals surface area contributed by atoms with Crippen molar-refractivity contribution in [1.29, 1.82) is 0 Å². The number of imidazole rings is 1. The van der Waals surface area contributed by atoms with E-state index in [0.29, 0.717) is 35.4 Å². The average Bonchev–Trinajstić information content (AvgIpc) is 3.15. The molecule has 0 aliphatic heterocycles. The Balaban J connectivity index is 1.84. The van der Waals surface area contributed by atoms with Crippen molar-refractivity contribution >= 4 is 23.2 Å². The topological polar surface area (TPSA) is 65.4 Å². The number of hydrogen-bond donors (Lipinski definition) is 1. The van der Waals surface area contributed by atoms with Crippen LogP contribution in [0.1, 0.15) is 10.5 Å². The van der Waals surface area contributed by atoms with Gasteiger partial charge in [0, 0.05) is 12.8 Å². The molecule has 0 aliphatic rings. The molecule has 1 amide bonds. The van der Waals surface area contributed by atoms with Crippen LogP contribution in [0.5, 0.6) is 5.75 Å². The second-order valence-corrected chi connectivity index (χ2v) is 5.80. The van der Waals surface area contributed by atoms with Crippen LogP contribution in [0.3, 0.4) is 0 Å². The van der Waals surface area contributed by atoms with E-state index in [1.165, 1.54) is 6.20 Å². The SMILES string of the molecule is COCCOc1c(Cl)cccc1NC(=O)c1cncn1-c1ccccc1. The zero-order valence-corrected chi connectivity index (χ0v) is 14.9. The summed E-state index contributed by atoms with van der Waals surface area (Å²) < 4.78 is 12.3. The number of methoxy groups -OCH3 is 1. The Morgan fingerprint density at radius 1 is 1.15 bits per heavy atom. The number of para-hydroxylation sites is 2. The van der Waals surface area contributed by atoms with E-state index in [2.05, 4.69) is 10.3 Å². The molecule has 1 aromatic heterocycles. The first kappa shape index (κ1) is 18.0. The number of rotatable bonds is 7. The first-order valence-corrected chi connectivity index (χ1v) is 8.38. The Hall–Kier alpha value is -2.83. The third kappa shape index (κ3) is 4.04. The number of nitrogens with zero attached hydrogens (tertiary/aromatic N) is 2. The van der Waals surface area contributed by atoms with Crippen LogP contribution in [0.25, 0.3) is 5.69 Å². The molecule has 0 atom stereocenters. The van der Waals surface area contributed by atoms with E-state index in [0.717, 1.165) is 5.69 Å². The zero-order valence-electron chi connectivity index (χ0n) is 14.2. The minimum absolute atomic E-state index is 0.315. The number of carbonyl (C=O) groups is 1. The molecule has 0 saturated heterocycles. The van der Waals surface area contributed by atoms with Crippen molar-refractivity contribution in [2.75, 3.05) is 25.6 Å². The van der Waals surface area contributed by atoms with Gasteiger partial charge < -0.3 is 14.8 Å². The molecule has 134 valence electrons. The molecule has 1 N–H and O–H groups in total. The van der Waals surface area contributed by atoms with Gasteiger partial charge in [-0.3, -0.25) is 9.36 Å². The molecule has 7 heteroatoms. The fraction of sp³-hybridized carbons (Fsp3) is 0.158. The summed E-state index contributed by atoms with van der Waals surface area (Å²) in [6, 6.07) is 14.7. The summed E-state index contributed by atoms with van der Waals surface area (Å²) in [4.78, 5) is 16.9. The molecule has 0 unspecified atom stereocenters. The highest BCUT2D eigenvalue weighted by Gasteiger charge is 2.16. The van der Waals surface area contributed by atoms with E-state index in [1.807, 2.05) is 30.3 Å². The molecule has 3 aromatic rings. The summed E-state index contributed by atoms with van der Waals surface area (Å²) in [5.74, 6) is 0.0931. The van der Waals surface area contributed by atoms with E-state index in [9.17, 15) is 4.79 Å². The summed E-state index contributed by atoms with van der Waals surface area (Å²) in [5, 5.41) is 3.25. The second-order valence-electron chi connectivity index (χ2n) is 5.40. The maximum absolute atomic E-state index is 12.8. The molecule has 0 spiro atoms. The van der Waals surface area contributed by atoms with Crippen molar-refractivity contribution < 1.29 is 14.3 Å². The lowest BCUT2D eigenvalue weighted by Crippen LogP contribution is -2.17. The Morgan fingerprint density at radius 2 is 1.96 bits per heavy atom. The maximum Gasteiger partial charge on any atom is 0.274 e. The van der Waals surface area contributed by atoms with E-state index < -0.39 is 0 Å². The van der Waals surface area contributed by atoms with E-state index in [1.54, 1.807) is 36.2 Å². The molecule has 0 saturated carbocycles. The molecule has 0 bridgehead atoms. The normalized spacial score (nSPS) is 10.5. The Morgan fingerprint density at radius 3 is 2.73 bits per heavy atom. The fourth-order valence-electron chi connectivity index (χ4n) is 2.42. The van der Waals surface area contributed by atoms with Gasteiger partial charge in [-0.05, 0) is 24.3 Å². The molecule has 2 aromatic carbocycles. The summed E-state index contributed by atoms with van der Waals surface area (Å²) in [6.45, 7) is 0.741. The average molecular weight is 372 g/mol. The van der Waals surface area contributed by atoms with Gasteiger partial charge in [-0.1, -0.05) is 35.9 Å². The van der Waals surface area contributed by atoms with E-state index >= 15 is 0 Å². The molecule has 0 radical (unpaired) electrons. The van der Waals surface area contributed by atoms with Gasteiger partial charge in [0.15, 0.2) is 5.75 Å². The lowest BCUT2D eigenvalue weighted by molar-refractivity contribution is 0.101. The number of aromatic nitrogens is 2. The van der Waals surface area contributed by atoms with Crippen molar-refractivity contribution in [1.82, 2.24) is 9.55 Å². The summed E-state index contributed by atoms with van der Waals surface area (Å²) in [5.41, 5.74) is 1.73. The smallest absolute Gasteiger partial charge is 0.274 e. The zero-order chi connectivity index (χ0) is 18.4. The standard InChI is InChI=1S/C19H18ClN3O3/c1-25-10-11-26-18-15(20)8-5-9-16(18)22-19(24)17-12-21-13-23(17)14-6-3-2-4-7-14/h2-9,12-13H,10-11H2,1H3,(H,22,24). The highest BCUT2D eigenvalue weighted by molar-refractivity contribution is 6.32. The first-order valence-electron chi connectivity index (χ1n) is 8.00. The van der Waals surface area contributed by atoms with Gasteiger partial charge in [0.25, 0.3) is 5.91 Å². The van der Waals surface area contributed by atoms with Crippen molar-refractivity contribution in [2.45, 2.75) is 0 Å². The third-order valence-electron chi connectivity index (χ3n) is 3.65. The maximum atomic E-state index is 12.8. The van der Waals surface area contributed by atoms with Crippen LogP contribution in [0.4, 0.5) is 5.69 Å². The van der Waals surface area contributed by atoms with Gasteiger partial charge in [-0.2, -0.15) is 0 Å². The lowest BCUT2D eigenvalue weighted by atomic mass is 10.2. The van der Waals surface area contributed by atoms with Crippen molar-refractivity contribution in [3.8, 4) is 11.4 Å². The van der Waals surface area contributed by atoms with E-state index in [-0.39, 0.29) is 5.91 Å². The second kappa shape index (κ2) is 8.51. The Labute approximate surface area is 156 Å². The minimum Gasteiger partial charge on any atom is -0.487 e. The molecular formula is C19H18ClN3O3. The highest BCUT2D eigenvalue weighted by Crippen LogP contribution is 2.33. The first-order chi connectivity index (χ1) is 12.7. The monoisotopic (exact) mass is 371 g/mol. The number of hydrogen-bond acceptors (Lipinski definition) is 4. The van der Waals surface area contributed by atoms with Gasteiger partial charge in [0.1, 0.15) is 12.3 Å². The van der Waals surface area contributed by atoms with Crippen molar-refractivity contribution in [2.24, 2.45) is 0 Å². The molecule has 0 fully saturated rings. The number of benzene rings is 2. The minimum atomic E-state index is -0.315. The van der Waals surface area contributed by atoms with Crippen LogP contribution in [0.2, 0.25) is 5.02 Å². The van der Waals surface area contributed by atoms with Crippen LogP contribution in [-0.4, -0.2) is 35.8 Å². The number of anilines is 1. The lowest BCUT2D eigenvalue weighted by Gasteiger charge is -2.14. The van der Waals surface area contributed by atoms with Crippen LogP contribution < -0.4 is 10.1 Å². The van der Waals surface area contributed by atoms with Gasteiger partial charge in [0.05, 0.1) is 29.8 Å². The van der Waals surface area contributed by atoms with Gasteiger partial charge in [-0.15, -0.1) is 0 Å². The summed E-state index contributed by atoms with van der Waals surface area (Å²) >= 11 is 6.21. The molecule has 1 heterocycles. The van der Waals surface area contributed by atoms with Crippen molar-refractivity contribution in [3.05, 3.63) is 71.8 Å². The van der Waals surface area contributed by atoms with Crippen LogP contribution in [0.15, 0.2) is 61.1 Å². The van der Waals surface area contributed by atoms with Crippen LogP contribution in [0, 0.1) is 0 Å². The quantitative estimate of drug-likeness (QED) is 0.641. The number of amides is 1. The predicted molar refractivity (Wildman–Crippen MR) is 100 cm³/mol. The molecule has 0 aliphatic carbocycles. The summed E-state index contributed by atoms with van der Waals surface area (Å²) in [6.07, 6.45) is 3.11. The highest BCUT2D eigenvalue weighted by atomic mass is 35.5. The van der Waals surface area contributed by atoms with Crippen molar-refractivity contribution in [3.63, 3.8) is 0 Å². The molecule has 26 heavy (non-hydrogen) atoms. The number of nitrogens with one attached hydrogen (secondary N) is 1. The predicted octanol–water partition coefficient (Wildman–Crippen LogP) is 3.80. The number of ether oxygens (including phenoxy) is 2. The summed E-state index contributed by atoms with van der Waals surface area (Å²) in [7, 11) is 1.59. The molecular weight excluding hydrogens is 354 g/mol. The number of halogens is 1. The van der Waals surface area contributed by atoms with Crippen LogP contribution >= 0.6 is 11.6 Å². The largest absolute Gasteiger partial charge is 0.487 e. The van der Waals surface area contributed by atoms with Crippen LogP contribution in [-0.2, 0) is 4.74 Å². The van der Waals surface area contributed by atoms with Gasteiger partial charge in [-0.25, -0.2) is 4.98 Å². The number of carbonyl (C=O) groups excluding carboxylic acids is 1. The fourth-order valence-corrected chi connectivity index (χ4v) is 2.65. The Bertz CT molecular complexity index is 881. The Kier molecular flexibility index (Phi) is 5.88. The van der Waals surface area contributed by atoms with E-state index in [4.69, 9.17) is 21.1 Å².